The number of carbonyl (C=O) groups excluding carboxylic acids is 1. The first-order valence-electron chi connectivity index (χ1n) is 8.00. The average molecular weight is 304 g/mol. The van der Waals surface area contributed by atoms with Gasteiger partial charge in [-0.15, -0.1) is 0 Å². The minimum Gasteiger partial charge on any atom is -0.381 e. The van der Waals surface area contributed by atoms with Crippen molar-refractivity contribution in [2.75, 3.05) is 32.2 Å². The highest BCUT2D eigenvalue weighted by Gasteiger charge is 2.35. The van der Waals surface area contributed by atoms with Gasteiger partial charge in [0.25, 0.3) is 0 Å². The summed E-state index contributed by atoms with van der Waals surface area (Å²) in [6.45, 7) is 2.89. The summed E-state index contributed by atoms with van der Waals surface area (Å²) in [4.78, 5) is 14.7. The van der Waals surface area contributed by atoms with E-state index in [0.717, 1.165) is 50.3 Å². The van der Waals surface area contributed by atoms with Crippen molar-refractivity contribution in [3.8, 4) is 0 Å². The second-order valence-electron chi connectivity index (χ2n) is 6.13. The van der Waals surface area contributed by atoms with Crippen molar-refractivity contribution in [3.05, 3.63) is 29.8 Å². The molecular formula is C17H24N2O3. The lowest BCUT2D eigenvalue weighted by atomic mass is 10.1. The highest BCUT2D eigenvalue weighted by molar-refractivity contribution is 5.90. The van der Waals surface area contributed by atoms with Crippen molar-refractivity contribution >= 4 is 11.7 Å². The van der Waals surface area contributed by atoms with Gasteiger partial charge in [-0.1, -0.05) is 18.2 Å². The van der Waals surface area contributed by atoms with E-state index < -0.39 is 0 Å². The largest absolute Gasteiger partial charge is 0.381 e. The Bertz CT molecular complexity index is 510. The third-order valence-electron chi connectivity index (χ3n) is 4.29. The van der Waals surface area contributed by atoms with Crippen LogP contribution in [0.5, 0.6) is 0 Å². The van der Waals surface area contributed by atoms with Gasteiger partial charge in [0.05, 0.1) is 13.2 Å². The van der Waals surface area contributed by atoms with Crippen LogP contribution in [0, 0.1) is 5.92 Å². The Labute approximate surface area is 131 Å². The molecular weight excluding hydrogens is 280 g/mol. The van der Waals surface area contributed by atoms with Crippen molar-refractivity contribution < 1.29 is 14.3 Å². The number of anilines is 1. The predicted octanol–water partition coefficient (Wildman–Crippen LogP) is 2.87. The van der Waals surface area contributed by atoms with Crippen LogP contribution in [-0.4, -0.2) is 43.8 Å². The molecule has 5 nitrogen and oxygen atoms in total. The van der Waals surface area contributed by atoms with Crippen LogP contribution in [0.15, 0.2) is 24.3 Å². The molecule has 0 radical (unpaired) electrons. The van der Waals surface area contributed by atoms with Gasteiger partial charge < -0.3 is 19.7 Å². The molecule has 0 aromatic heterocycles. The quantitative estimate of drug-likeness (QED) is 0.879. The van der Waals surface area contributed by atoms with E-state index >= 15 is 0 Å². The molecule has 22 heavy (non-hydrogen) atoms. The number of nitrogens with one attached hydrogen (secondary N) is 1. The second-order valence-corrected chi connectivity index (χ2v) is 6.13. The number of carbonyl (C=O) groups is 1. The van der Waals surface area contributed by atoms with E-state index in [9.17, 15) is 4.79 Å². The molecule has 2 fully saturated rings. The molecule has 1 saturated carbocycles. The van der Waals surface area contributed by atoms with Crippen LogP contribution in [0.4, 0.5) is 10.5 Å². The van der Waals surface area contributed by atoms with Crippen LogP contribution >= 0.6 is 0 Å². The normalized spacial score (nSPS) is 20.9. The average Bonchev–Trinajstić information content (AvgIpc) is 3.23. The number of urea groups is 1. The fraction of sp³-hybridized carbons (Fsp3) is 0.588. The third kappa shape index (κ3) is 3.78. The summed E-state index contributed by atoms with van der Waals surface area (Å²) in [5, 5.41) is 3.06. The van der Waals surface area contributed by atoms with Gasteiger partial charge in [-0.3, -0.25) is 0 Å². The van der Waals surface area contributed by atoms with Crippen molar-refractivity contribution in [2.45, 2.75) is 31.9 Å². The third-order valence-corrected chi connectivity index (χ3v) is 4.29. The molecule has 1 atom stereocenters. The Morgan fingerprint density at radius 1 is 1.36 bits per heavy atom. The monoisotopic (exact) mass is 304 g/mol. The molecule has 3 rings (SSSR count). The number of rotatable bonds is 6. The van der Waals surface area contributed by atoms with E-state index in [1.807, 2.05) is 29.2 Å². The Balaban J connectivity index is 1.65. The maximum absolute atomic E-state index is 12.7. The first kappa shape index (κ1) is 15.3. The van der Waals surface area contributed by atoms with Gasteiger partial charge in [-0.2, -0.15) is 0 Å². The molecule has 1 saturated heterocycles. The molecule has 120 valence electrons. The zero-order valence-corrected chi connectivity index (χ0v) is 13.1. The molecule has 1 N–H and O–H groups in total. The molecule has 5 heteroatoms. The summed E-state index contributed by atoms with van der Waals surface area (Å²) in [5.41, 5.74) is 1.83. The van der Waals surface area contributed by atoms with Gasteiger partial charge in [-0.05, 0) is 25.3 Å². The number of para-hydroxylation sites is 1. The van der Waals surface area contributed by atoms with E-state index in [-0.39, 0.29) is 6.03 Å². The van der Waals surface area contributed by atoms with Gasteiger partial charge in [0.2, 0.25) is 0 Å². The molecule has 1 aliphatic heterocycles. The summed E-state index contributed by atoms with van der Waals surface area (Å²) >= 11 is 0. The summed E-state index contributed by atoms with van der Waals surface area (Å²) in [7, 11) is 1.66. The SMILES string of the molecule is COCc1ccccc1NC(=O)N(C[C@H]1CCOC1)C1CC1. The van der Waals surface area contributed by atoms with E-state index in [1.165, 1.54) is 0 Å². The van der Waals surface area contributed by atoms with E-state index in [0.29, 0.717) is 18.6 Å². The molecule has 2 amide bonds. The summed E-state index contributed by atoms with van der Waals surface area (Å²) < 4.78 is 10.6. The molecule has 0 unspecified atom stereocenters. The Morgan fingerprint density at radius 3 is 2.86 bits per heavy atom. The first-order chi connectivity index (χ1) is 10.8. The molecule has 1 aromatic carbocycles. The van der Waals surface area contributed by atoms with Crippen LogP contribution in [-0.2, 0) is 16.1 Å². The minimum atomic E-state index is -0.00190. The molecule has 2 aliphatic rings. The zero-order valence-electron chi connectivity index (χ0n) is 13.1. The Hall–Kier alpha value is -1.59. The van der Waals surface area contributed by atoms with Crippen LogP contribution in [0.2, 0.25) is 0 Å². The zero-order chi connectivity index (χ0) is 15.4. The molecule has 1 heterocycles. The predicted molar refractivity (Wildman–Crippen MR) is 84.8 cm³/mol. The van der Waals surface area contributed by atoms with Crippen LogP contribution in [0.3, 0.4) is 0 Å². The highest BCUT2D eigenvalue weighted by Crippen LogP contribution is 2.30. The fourth-order valence-electron chi connectivity index (χ4n) is 2.90. The number of hydrogen-bond acceptors (Lipinski definition) is 3. The number of methoxy groups -OCH3 is 1. The van der Waals surface area contributed by atoms with Crippen LogP contribution in [0.1, 0.15) is 24.8 Å². The molecule has 1 aromatic rings. The van der Waals surface area contributed by atoms with Crippen molar-refractivity contribution in [2.24, 2.45) is 5.92 Å². The topological polar surface area (TPSA) is 50.8 Å². The van der Waals surface area contributed by atoms with Gasteiger partial charge in [0, 0.05) is 43.5 Å². The number of hydrogen-bond donors (Lipinski definition) is 1. The van der Waals surface area contributed by atoms with Crippen molar-refractivity contribution in [1.82, 2.24) is 4.90 Å². The lowest BCUT2D eigenvalue weighted by molar-refractivity contribution is 0.167. The van der Waals surface area contributed by atoms with Crippen LogP contribution in [0.25, 0.3) is 0 Å². The molecule has 0 bridgehead atoms. The molecule has 0 spiro atoms. The maximum atomic E-state index is 12.7. The van der Waals surface area contributed by atoms with Gasteiger partial charge in [0.15, 0.2) is 0 Å². The Morgan fingerprint density at radius 2 is 2.18 bits per heavy atom. The summed E-state index contributed by atoms with van der Waals surface area (Å²) in [6.07, 6.45) is 3.28. The van der Waals surface area contributed by atoms with E-state index in [4.69, 9.17) is 9.47 Å². The fourth-order valence-corrected chi connectivity index (χ4v) is 2.90. The minimum absolute atomic E-state index is 0.00190. The maximum Gasteiger partial charge on any atom is 0.322 e. The lowest BCUT2D eigenvalue weighted by Gasteiger charge is -2.26. The number of ether oxygens (including phenoxy) is 2. The molecule has 1 aliphatic carbocycles. The Kier molecular flexibility index (Phi) is 4.95. The number of benzene rings is 1. The van der Waals surface area contributed by atoms with Crippen LogP contribution < -0.4 is 5.32 Å². The van der Waals surface area contributed by atoms with E-state index in [1.54, 1.807) is 7.11 Å². The first-order valence-corrected chi connectivity index (χ1v) is 8.00. The van der Waals surface area contributed by atoms with Crippen molar-refractivity contribution in [3.63, 3.8) is 0 Å². The standard InChI is InChI=1S/C17H24N2O3/c1-21-12-14-4-2-3-5-16(14)18-17(20)19(15-6-7-15)10-13-8-9-22-11-13/h2-5,13,15H,6-12H2,1H3,(H,18,20)/t13-/m1/s1. The second kappa shape index (κ2) is 7.11. The lowest BCUT2D eigenvalue weighted by Crippen LogP contribution is -2.40. The summed E-state index contributed by atoms with van der Waals surface area (Å²) in [5.74, 6) is 0.473. The summed E-state index contributed by atoms with van der Waals surface area (Å²) in [6, 6.07) is 8.19. The highest BCUT2D eigenvalue weighted by atomic mass is 16.5. The van der Waals surface area contributed by atoms with Gasteiger partial charge in [-0.25, -0.2) is 4.79 Å². The van der Waals surface area contributed by atoms with Gasteiger partial charge >= 0.3 is 6.03 Å². The van der Waals surface area contributed by atoms with E-state index in [2.05, 4.69) is 5.32 Å². The van der Waals surface area contributed by atoms with Crippen molar-refractivity contribution in [1.29, 1.82) is 0 Å². The van der Waals surface area contributed by atoms with Gasteiger partial charge in [0.1, 0.15) is 0 Å². The number of nitrogens with zero attached hydrogens (tertiary/aromatic N) is 1. The smallest absolute Gasteiger partial charge is 0.322 e. The number of amides is 2.